The van der Waals surface area contributed by atoms with Crippen LogP contribution in [-0.4, -0.2) is 0 Å². The van der Waals surface area contributed by atoms with Crippen LogP contribution in [0.4, 0.5) is 17.1 Å². The van der Waals surface area contributed by atoms with Crippen molar-refractivity contribution in [3.63, 3.8) is 0 Å². The maximum Gasteiger partial charge on any atom is 0.143 e. The SMILES string of the molecule is c1ccc2cc3c(cc2c1)oc1c(-c2ccc(N(c4ccc5c(c4)oc4ccccc45)c4ccc5c(c4)sc4ccccc45)cc2)cccc13. The van der Waals surface area contributed by atoms with Crippen molar-refractivity contribution < 1.29 is 8.83 Å². The van der Waals surface area contributed by atoms with Crippen LogP contribution in [0, 0.1) is 0 Å². The van der Waals surface area contributed by atoms with Crippen LogP contribution in [0.3, 0.4) is 0 Å². The number of anilines is 3. The molecule has 0 unspecified atom stereocenters. The summed E-state index contributed by atoms with van der Waals surface area (Å²) < 4.78 is 15.5. The molecule has 4 heteroatoms. The number of thiophene rings is 1. The van der Waals surface area contributed by atoms with Crippen molar-refractivity contribution in [1.29, 1.82) is 0 Å². The first-order chi connectivity index (χ1) is 24.7. The minimum absolute atomic E-state index is 0.873. The molecule has 0 aliphatic carbocycles. The van der Waals surface area contributed by atoms with E-state index in [1.807, 2.05) is 23.5 Å². The van der Waals surface area contributed by atoms with E-state index >= 15 is 0 Å². The van der Waals surface area contributed by atoms with E-state index in [1.54, 1.807) is 0 Å². The molecule has 0 radical (unpaired) electrons. The van der Waals surface area contributed by atoms with E-state index in [2.05, 4.69) is 157 Å². The molecule has 0 saturated heterocycles. The molecule has 0 N–H and O–H groups in total. The highest BCUT2D eigenvalue weighted by molar-refractivity contribution is 7.25. The molecule has 0 aliphatic rings. The Morgan fingerprint density at radius 3 is 1.90 bits per heavy atom. The molecule has 8 aromatic carbocycles. The second-order valence-corrected chi connectivity index (χ2v) is 14.0. The number of nitrogens with zero attached hydrogens (tertiary/aromatic N) is 1. The van der Waals surface area contributed by atoms with Gasteiger partial charge in [-0.3, -0.25) is 0 Å². The van der Waals surface area contributed by atoms with Crippen molar-refractivity contribution in [1.82, 2.24) is 0 Å². The van der Waals surface area contributed by atoms with Crippen LogP contribution in [0.25, 0.3) is 85.9 Å². The third kappa shape index (κ3) is 4.16. The van der Waals surface area contributed by atoms with Crippen LogP contribution in [0.2, 0.25) is 0 Å². The number of furan rings is 2. The van der Waals surface area contributed by atoms with Crippen LogP contribution in [0.5, 0.6) is 0 Å². The van der Waals surface area contributed by atoms with Gasteiger partial charge in [0.05, 0.1) is 0 Å². The van der Waals surface area contributed by atoms with Crippen LogP contribution < -0.4 is 4.90 Å². The monoisotopic (exact) mass is 657 g/mol. The molecular formula is C46H27NO2S. The molecule has 0 fully saturated rings. The predicted octanol–water partition coefficient (Wildman–Crippen LogP) is 14.1. The number of benzene rings is 8. The standard InChI is InChI=1S/C46H27NO2S/c1-2-9-30-25-42-40(24-29(30)8-1)39-13-7-12-34(46(39)49-42)28-16-18-31(19-17-28)47(32-20-22-36-35-10-3-5-14-41(35)48-43(36)26-32)33-21-23-38-37-11-4-6-15-44(37)50-45(38)27-33/h1-27H. The molecule has 3 nitrogen and oxygen atoms in total. The van der Waals surface area contributed by atoms with E-state index in [1.165, 1.54) is 30.9 Å². The Bertz CT molecular complexity index is 2990. The Morgan fingerprint density at radius 2 is 1.02 bits per heavy atom. The highest BCUT2D eigenvalue weighted by Gasteiger charge is 2.18. The Labute approximate surface area is 290 Å². The minimum Gasteiger partial charge on any atom is -0.456 e. The van der Waals surface area contributed by atoms with Crippen LogP contribution in [-0.2, 0) is 0 Å². The number of para-hydroxylation sites is 2. The Balaban J connectivity index is 1.06. The normalized spacial score (nSPS) is 12.0. The maximum absolute atomic E-state index is 6.57. The lowest BCUT2D eigenvalue weighted by molar-refractivity contribution is 0.669. The Hall–Kier alpha value is -6.36. The topological polar surface area (TPSA) is 29.5 Å². The average Bonchev–Trinajstić information content (AvgIpc) is 3.84. The molecule has 0 saturated carbocycles. The molecule has 11 aromatic rings. The van der Waals surface area contributed by atoms with E-state index in [9.17, 15) is 0 Å². The minimum atomic E-state index is 0.873. The van der Waals surface area contributed by atoms with Crippen LogP contribution in [0.15, 0.2) is 173 Å². The first-order valence-electron chi connectivity index (χ1n) is 16.8. The first-order valence-corrected chi connectivity index (χ1v) is 17.6. The fraction of sp³-hybridized carbons (Fsp3) is 0. The van der Waals surface area contributed by atoms with Crippen molar-refractivity contribution in [3.05, 3.63) is 164 Å². The summed E-state index contributed by atoms with van der Waals surface area (Å²) in [7, 11) is 0. The summed E-state index contributed by atoms with van der Waals surface area (Å²) in [6.07, 6.45) is 0. The third-order valence-corrected chi connectivity index (χ3v) is 11.2. The molecule has 0 bridgehead atoms. The summed E-state index contributed by atoms with van der Waals surface area (Å²) in [5.74, 6) is 0. The van der Waals surface area contributed by atoms with Gasteiger partial charge >= 0.3 is 0 Å². The number of hydrogen-bond donors (Lipinski definition) is 0. The van der Waals surface area contributed by atoms with E-state index in [0.717, 1.165) is 72.1 Å². The lowest BCUT2D eigenvalue weighted by Gasteiger charge is -2.26. The largest absolute Gasteiger partial charge is 0.456 e. The van der Waals surface area contributed by atoms with Gasteiger partial charge in [0.25, 0.3) is 0 Å². The Morgan fingerprint density at radius 1 is 0.380 bits per heavy atom. The smallest absolute Gasteiger partial charge is 0.143 e. The number of hydrogen-bond acceptors (Lipinski definition) is 4. The van der Waals surface area contributed by atoms with E-state index < -0.39 is 0 Å². The molecule has 0 atom stereocenters. The second kappa shape index (κ2) is 10.6. The van der Waals surface area contributed by atoms with Crippen molar-refractivity contribution in [2.45, 2.75) is 0 Å². The summed E-state index contributed by atoms with van der Waals surface area (Å²) in [6.45, 7) is 0. The summed E-state index contributed by atoms with van der Waals surface area (Å²) in [4.78, 5) is 2.33. The zero-order chi connectivity index (χ0) is 32.8. The van der Waals surface area contributed by atoms with Crippen LogP contribution in [0.1, 0.15) is 0 Å². The van der Waals surface area contributed by atoms with E-state index in [4.69, 9.17) is 8.83 Å². The van der Waals surface area contributed by atoms with Gasteiger partial charge in [-0.25, -0.2) is 0 Å². The summed E-state index contributed by atoms with van der Waals surface area (Å²) >= 11 is 1.84. The van der Waals surface area contributed by atoms with Gasteiger partial charge in [-0.2, -0.15) is 0 Å². The van der Waals surface area contributed by atoms with Gasteiger partial charge in [0.15, 0.2) is 0 Å². The molecule has 50 heavy (non-hydrogen) atoms. The average molecular weight is 658 g/mol. The van der Waals surface area contributed by atoms with Gasteiger partial charge in [-0.05, 0) is 77.0 Å². The molecule has 3 aromatic heterocycles. The molecule has 11 rings (SSSR count). The van der Waals surface area contributed by atoms with Crippen molar-refractivity contribution in [3.8, 4) is 11.1 Å². The van der Waals surface area contributed by atoms with Crippen molar-refractivity contribution in [2.24, 2.45) is 0 Å². The van der Waals surface area contributed by atoms with Crippen molar-refractivity contribution >= 4 is 103 Å². The molecule has 0 aliphatic heterocycles. The molecule has 234 valence electrons. The van der Waals surface area contributed by atoms with E-state index in [-0.39, 0.29) is 0 Å². The highest BCUT2D eigenvalue weighted by Crippen LogP contribution is 2.43. The van der Waals surface area contributed by atoms with Crippen LogP contribution >= 0.6 is 11.3 Å². The maximum atomic E-state index is 6.57. The summed E-state index contributed by atoms with van der Waals surface area (Å²) in [6, 6.07) is 58.4. The summed E-state index contributed by atoms with van der Waals surface area (Å²) in [5.41, 5.74) is 8.97. The molecular weight excluding hydrogens is 631 g/mol. The second-order valence-electron chi connectivity index (χ2n) is 12.9. The lowest BCUT2D eigenvalue weighted by Crippen LogP contribution is -2.09. The Kier molecular flexibility index (Phi) is 5.83. The highest BCUT2D eigenvalue weighted by atomic mass is 32.1. The van der Waals surface area contributed by atoms with Crippen molar-refractivity contribution in [2.75, 3.05) is 4.90 Å². The molecule has 0 amide bonds. The van der Waals surface area contributed by atoms with Gasteiger partial charge in [0, 0.05) is 70.4 Å². The fourth-order valence-electron chi connectivity index (χ4n) is 7.66. The first kappa shape index (κ1) is 27.6. The van der Waals surface area contributed by atoms with E-state index in [0.29, 0.717) is 0 Å². The fourth-order valence-corrected chi connectivity index (χ4v) is 8.79. The lowest BCUT2D eigenvalue weighted by atomic mass is 10.0. The molecule has 3 heterocycles. The van der Waals surface area contributed by atoms with Gasteiger partial charge in [-0.1, -0.05) is 97.1 Å². The van der Waals surface area contributed by atoms with Gasteiger partial charge in [0.2, 0.25) is 0 Å². The van der Waals surface area contributed by atoms with Gasteiger partial charge in [0.1, 0.15) is 22.3 Å². The predicted molar refractivity (Wildman–Crippen MR) is 212 cm³/mol. The summed E-state index contributed by atoms with van der Waals surface area (Å²) in [5, 5.41) is 9.49. The van der Waals surface area contributed by atoms with Gasteiger partial charge < -0.3 is 13.7 Å². The van der Waals surface area contributed by atoms with Gasteiger partial charge in [-0.15, -0.1) is 11.3 Å². The third-order valence-electron chi connectivity index (χ3n) is 10.0. The number of fused-ring (bicyclic) bond motifs is 10. The zero-order valence-corrected chi connectivity index (χ0v) is 27.6. The number of rotatable bonds is 4. The molecule has 0 spiro atoms. The zero-order valence-electron chi connectivity index (χ0n) is 26.8. The quantitative estimate of drug-likeness (QED) is 0.189.